The minimum Gasteiger partial charge on any atom is -0.444 e. The summed E-state index contributed by atoms with van der Waals surface area (Å²) in [5.41, 5.74) is 7.56. The summed E-state index contributed by atoms with van der Waals surface area (Å²) in [5, 5.41) is 11.8. The van der Waals surface area contributed by atoms with Gasteiger partial charge in [-0.3, -0.25) is 14.5 Å². The molecule has 0 aliphatic carbocycles. The highest BCUT2D eigenvalue weighted by atomic mass is 16.6. The number of carbonyl (C=O) groups excluding carboxylic acids is 3. The molecule has 2 aromatic rings. The smallest absolute Gasteiger partial charge is 0.410 e. The Morgan fingerprint density at radius 2 is 1.83 bits per heavy atom. The van der Waals surface area contributed by atoms with Gasteiger partial charge in [0.1, 0.15) is 17.4 Å². The Balaban J connectivity index is 1.71. The van der Waals surface area contributed by atoms with Crippen LogP contribution in [0.25, 0.3) is 0 Å². The van der Waals surface area contributed by atoms with E-state index in [4.69, 9.17) is 15.7 Å². The lowest BCUT2D eigenvalue weighted by Gasteiger charge is -2.39. The highest BCUT2D eigenvalue weighted by molar-refractivity contribution is 5.98. The fourth-order valence-electron chi connectivity index (χ4n) is 4.16. The van der Waals surface area contributed by atoms with Crippen LogP contribution in [0.1, 0.15) is 51.2 Å². The second-order valence-electron chi connectivity index (χ2n) is 9.88. The Kier molecular flexibility index (Phi) is 8.13. The molecule has 0 saturated carbocycles. The predicted molar refractivity (Wildman–Crippen MR) is 133 cm³/mol. The quantitative estimate of drug-likeness (QED) is 0.599. The first-order valence-corrected chi connectivity index (χ1v) is 11.7. The molecule has 1 saturated heterocycles. The first kappa shape index (κ1) is 25.8. The third-order valence-corrected chi connectivity index (χ3v) is 5.86. The fourth-order valence-corrected chi connectivity index (χ4v) is 4.16. The molecule has 0 unspecified atom stereocenters. The summed E-state index contributed by atoms with van der Waals surface area (Å²) in [6, 6.07) is 15.1. The number of amides is 2. The molecular weight excluding hydrogens is 444 g/mol. The highest BCUT2D eigenvalue weighted by Gasteiger charge is 2.39. The lowest BCUT2D eigenvalue weighted by atomic mass is 9.85. The van der Waals surface area contributed by atoms with E-state index < -0.39 is 17.7 Å². The number of Topliss-reactive ketones (excluding diaryl/α,β-unsaturated/α-hetero) is 1. The van der Waals surface area contributed by atoms with Crippen LogP contribution in [-0.2, 0) is 20.7 Å². The number of nitriles is 1. The number of nitrogens with two attached hydrogens (primary N) is 1. The number of rotatable bonds is 6. The van der Waals surface area contributed by atoms with Crippen molar-refractivity contribution in [2.45, 2.75) is 58.1 Å². The number of benzene rings is 2. The molecule has 35 heavy (non-hydrogen) atoms. The first-order chi connectivity index (χ1) is 16.6. The number of nitrogen functional groups attached to an aromatic ring is 1. The molecule has 3 N–H and O–H groups in total. The summed E-state index contributed by atoms with van der Waals surface area (Å²) in [6.45, 7) is 5.64. The molecular formula is C27H32N4O4. The molecule has 184 valence electrons. The van der Waals surface area contributed by atoms with Crippen molar-refractivity contribution in [2.75, 3.05) is 17.6 Å². The minimum atomic E-state index is -0.786. The first-order valence-electron chi connectivity index (χ1n) is 11.7. The summed E-state index contributed by atoms with van der Waals surface area (Å²) in [5.74, 6) is -0.363. The van der Waals surface area contributed by atoms with E-state index in [1.165, 1.54) is 4.90 Å². The summed E-state index contributed by atoms with van der Waals surface area (Å²) < 4.78 is 5.54. The fraction of sp³-hybridized carbons (Fsp3) is 0.407. The number of ketones is 1. The molecule has 2 amide bonds. The van der Waals surface area contributed by atoms with Crippen LogP contribution in [0.15, 0.2) is 48.5 Å². The zero-order chi connectivity index (χ0) is 25.6. The SMILES string of the molecule is CC(C)(C)OC(=O)N1CC[C@@H](CC(=O)Cc2ccc(C#N)cc2)C[C@@H]1C(=O)Nc1ccccc1N. The van der Waals surface area contributed by atoms with Crippen molar-refractivity contribution in [3.63, 3.8) is 0 Å². The normalized spacial score (nSPS) is 17.8. The van der Waals surface area contributed by atoms with E-state index in [0.717, 1.165) is 5.56 Å². The zero-order valence-corrected chi connectivity index (χ0v) is 20.4. The van der Waals surface area contributed by atoms with E-state index in [9.17, 15) is 14.4 Å². The largest absolute Gasteiger partial charge is 0.444 e. The van der Waals surface area contributed by atoms with Gasteiger partial charge in [0.25, 0.3) is 0 Å². The lowest BCUT2D eigenvalue weighted by molar-refractivity contribution is -0.125. The van der Waals surface area contributed by atoms with Crippen molar-refractivity contribution in [3.05, 3.63) is 59.7 Å². The molecule has 1 aliphatic rings. The Labute approximate surface area is 206 Å². The maximum Gasteiger partial charge on any atom is 0.410 e. The maximum absolute atomic E-state index is 13.3. The highest BCUT2D eigenvalue weighted by Crippen LogP contribution is 2.29. The van der Waals surface area contributed by atoms with Crippen molar-refractivity contribution < 1.29 is 19.1 Å². The van der Waals surface area contributed by atoms with E-state index in [1.807, 2.05) is 0 Å². The van der Waals surface area contributed by atoms with Gasteiger partial charge >= 0.3 is 6.09 Å². The van der Waals surface area contributed by atoms with Crippen LogP contribution in [0.2, 0.25) is 0 Å². The van der Waals surface area contributed by atoms with E-state index in [1.54, 1.807) is 69.3 Å². The van der Waals surface area contributed by atoms with Crippen LogP contribution in [0.3, 0.4) is 0 Å². The molecule has 0 aromatic heterocycles. The van der Waals surface area contributed by atoms with E-state index in [2.05, 4.69) is 11.4 Å². The van der Waals surface area contributed by atoms with Gasteiger partial charge in [-0.15, -0.1) is 0 Å². The maximum atomic E-state index is 13.3. The molecule has 8 nitrogen and oxygen atoms in total. The molecule has 1 heterocycles. The van der Waals surface area contributed by atoms with Crippen LogP contribution in [0.5, 0.6) is 0 Å². The predicted octanol–water partition coefficient (Wildman–Crippen LogP) is 4.30. The molecule has 1 fully saturated rings. The average Bonchev–Trinajstić information content (AvgIpc) is 2.79. The topological polar surface area (TPSA) is 126 Å². The molecule has 0 bridgehead atoms. The van der Waals surface area contributed by atoms with Crippen LogP contribution < -0.4 is 11.1 Å². The number of nitrogens with zero attached hydrogens (tertiary/aromatic N) is 2. The number of hydrogen-bond donors (Lipinski definition) is 2. The van der Waals surface area contributed by atoms with Gasteiger partial charge in [-0.2, -0.15) is 5.26 Å². The third-order valence-electron chi connectivity index (χ3n) is 5.86. The van der Waals surface area contributed by atoms with E-state index in [-0.39, 0.29) is 24.0 Å². The van der Waals surface area contributed by atoms with Gasteiger partial charge in [0.15, 0.2) is 0 Å². The summed E-state index contributed by atoms with van der Waals surface area (Å²) >= 11 is 0. The molecule has 2 atom stereocenters. The van der Waals surface area contributed by atoms with Gasteiger partial charge in [0, 0.05) is 19.4 Å². The third kappa shape index (κ3) is 7.31. The van der Waals surface area contributed by atoms with Crippen molar-refractivity contribution in [1.82, 2.24) is 4.90 Å². The van der Waals surface area contributed by atoms with Gasteiger partial charge in [-0.1, -0.05) is 24.3 Å². The van der Waals surface area contributed by atoms with Gasteiger partial charge < -0.3 is 15.8 Å². The minimum absolute atomic E-state index is 0.0524. The lowest BCUT2D eigenvalue weighted by Crippen LogP contribution is -2.53. The Hall–Kier alpha value is -3.86. The second kappa shape index (κ2) is 11.0. The molecule has 8 heteroatoms. The number of carbonyl (C=O) groups is 3. The van der Waals surface area contributed by atoms with Crippen molar-refractivity contribution in [1.29, 1.82) is 5.26 Å². The van der Waals surface area contributed by atoms with Gasteiger partial charge in [-0.25, -0.2) is 4.79 Å². The standard InChI is InChI=1S/C27H32N4O4/c1-27(2,3)35-26(34)31-13-12-20(15-21(32)14-18-8-10-19(17-28)11-9-18)16-24(31)25(33)30-23-7-5-4-6-22(23)29/h4-11,20,24H,12-16,29H2,1-3H3,(H,30,33)/t20-,24+/m0/s1. The van der Waals surface area contributed by atoms with Crippen LogP contribution in [0, 0.1) is 17.2 Å². The number of nitrogens with one attached hydrogen (secondary N) is 1. The Bertz CT molecular complexity index is 1120. The summed E-state index contributed by atoms with van der Waals surface area (Å²) in [6.07, 6.45) is 0.947. The van der Waals surface area contributed by atoms with Crippen LogP contribution >= 0.6 is 0 Å². The molecule has 0 radical (unpaired) electrons. The Morgan fingerprint density at radius 1 is 1.14 bits per heavy atom. The molecule has 2 aromatic carbocycles. The number of piperidine rings is 1. The monoisotopic (exact) mass is 476 g/mol. The number of anilines is 2. The Morgan fingerprint density at radius 3 is 2.46 bits per heavy atom. The van der Waals surface area contributed by atoms with Crippen LogP contribution in [0.4, 0.5) is 16.2 Å². The van der Waals surface area contributed by atoms with Crippen molar-refractivity contribution in [2.24, 2.45) is 5.92 Å². The van der Waals surface area contributed by atoms with Gasteiger partial charge in [0.05, 0.1) is 23.0 Å². The molecule has 0 spiro atoms. The van der Waals surface area contributed by atoms with Gasteiger partial charge in [0.2, 0.25) is 5.91 Å². The van der Waals surface area contributed by atoms with Crippen molar-refractivity contribution in [3.8, 4) is 6.07 Å². The number of para-hydroxylation sites is 2. The summed E-state index contributed by atoms with van der Waals surface area (Å²) in [4.78, 5) is 40.3. The van der Waals surface area contributed by atoms with Crippen molar-refractivity contribution >= 4 is 29.2 Å². The number of likely N-dealkylation sites (tertiary alicyclic amines) is 1. The average molecular weight is 477 g/mol. The number of hydrogen-bond acceptors (Lipinski definition) is 6. The van der Waals surface area contributed by atoms with Crippen LogP contribution in [-0.4, -0.2) is 40.9 Å². The van der Waals surface area contributed by atoms with E-state index >= 15 is 0 Å². The zero-order valence-electron chi connectivity index (χ0n) is 20.4. The number of ether oxygens (including phenoxy) is 1. The molecule has 1 aliphatic heterocycles. The summed E-state index contributed by atoms with van der Waals surface area (Å²) in [7, 11) is 0. The van der Waals surface area contributed by atoms with E-state index in [0.29, 0.717) is 42.7 Å². The van der Waals surface area contributed by atoms with Gasteiger partial charge in [-0.05, 0) is 69.4 Å². The second-order valence-corrected chi connectivity index (χ2v) is 9.88. The molecule has 3 rings (SSSR count).